The highest BCUT2D eigenvalue weighted by Gasteiger charge is 2.01. The summed E-state index contributed by atoms with van der Waals surface area (Å²) in [4.78, 5) is 5.60. The van der Waals surface area contributed by atoms with E-state index in [-0.39, 0.29) is 0 Å². The van der Waals surface area contributed by atoms with E-state index in [2.05, 4.69) is 58.3 Å². The summed E-state index contributed by atoms with van der Waals surface area (Å²) >= 11 is 1.78. The molecular formula is C16H21N3S. The van der Waals surface area contributed by atoms with Crippen molar-refractivity contribution in [3.63, 3.8) is 0 Å². The van der Waals surface area contributed by atoms with E-state index in [4.69, 9.17) is 0 Å². The van der Waals surface area contributed by atoms with Crippen molar-refractivity contribution in [3.05, 3.63) is 57.8 Å². The zero-order valence-electron chi connectivity index (χ0n) is 12.0. The SMILES string of the molecule is CN=C(NCCc1ccccc1)NCc1sccc1C. The highest BCUT2D eigenvalue weighted by molar-refractivity contribution is 7.10. The molecule has 0 radical (unpaired) electrons. The van der Waals surface area contributed by atoms with Crippen molar-refractivity contribution < 1.29 is 0 Å². The molecule has 0 spiro atoms. The number of hydrogen-bond donors (Lipinski definition) is 2. The monoisotopic (exact) mass is 287 g/mol. The van der Waals surface area contributed by atoms with Crippen LogP contribution in [0.2, 0.25) is 0 Å². The third kappa shape index (κ3) is 4.38. The first-order chi connectivity index (χ1) is 9.79. The second-order valence-corrected chi connectivity index (χ2v) is 5.62. The highest BCUT2D eigenvalue weighted by atomic mass is 32.1. The average molecular weight is 287 g/mol. The Morgan fingerprint density at radius 3 is 2.60 bits per heavy atom. The molecule has 3 nitrogen and oxygen atoms in total. The Morgan fingerprint density at radius 1 is 1.15 bits per heavy atom. The maximum atomic E-state index is 4.25. The Balaban J connectivity index is 1.74. The third-order valence-electron chi connectivity index (χ3n) is 3.16. The first-order valence-corrected chi connectivity index (χ1v) is 7.69. The van der Waals surface area contributed by atoms with Gasteiger partial charge in [-0.25, -0.2) is 0 Å². The molecule has 2 aromatic rings. The van der Waals surface area contributed by atoms with Crippen molar-refractivity contribution in [1.82, 2.24) is 10.6 Å². The molecule has 0 amide bonds. The summed E-state index contributed by atoms with van der Waals surface area (Å²) in [5, 5.41) is 8.81. The van der Waals surface area contributed by atoms with Crippen LogP contribution in [0.3, 0.4) is 0 Å². The Morgan fingerprint density at radius 2 is 1.95 bits per heavy atom. The van der Waals surface area contributed by atoms with Crippen LogP contribution in [0.4, 0.5) is 0 Å². The second kappa shape index (κ2) is 7.70. The van der Waals surface area contributed by atoms with E-state index < -0.39 is 0 Å². The molecular weight excluding hydrogens is 266 g/mol. The number of thiophene rings is 1. The fraction of sp³-hybridized carbons (Fsp3) is 0.312. The van der Waals surface area contributed by atoms with E-state index in [1.54, 1.807) is 18.4 Å². The zero-order chi connectivity index (χ0) is 14.2. The van der Waals surface area contributed by atoms with E-state index in [1.807, 2.05) is 6.07 Å². The summed E-state index contributed by atoms with van der Waals surface area (Å²) in [5.74, 6) is 0.855. The fourth-order valence-corrected chi connectivity index (χ4v) is 2.79. The molecule has 20 heavy (non-hydrogen) atoms. The van der Waals surface area contributed by atoms with Crippen molar-refractivity contribution in [2.24, 2.45) is 4.99 Å². The molecule has 0 saturated carbocycles. The lowest BCUT2D eigenvalue weighted by Gasteiger charge is -2.11. The summed E-state index contributed by atoms with van der Waals surface area (Å²) in [5.41, 5.74) is 2.67. The Hall–Kier alpha value is -1.81. The van der Waals surface area contributed by atoms with Gasteiger partial charge >= 0.3 is 0 Å². The van der Waals surface area contributed by atoms with Gasteiger partial charge in [0.2, 0.25) is 0 Å². The van der Waals surface area contributed by atoms with Gasteiger partial charge in [0, 0.05) is 18.5 Å². The maximum Gasteiger partial charge on any atom is 0.191 e. The van der Waals surface area contributed by atoms with Gasteiger partial charge in [0.25, 0.3) is 0 Å². The van der Waals surface area contributed by atoms with Crippen LogP contribution in [0, 0.1) is 6.92 Å². The third-order valence-corrected chi connectivity index (χ3v) is 4.18. The van der Waals surface area contributed by atoms with Crippen LogP contribution in [0.25, 0.3) is 0 Å². The molecule has 0 atom stereocenters. The molecule has 0 fully saturated rings. The number of benzene rings is 1. The van der Waals surface area contributed by atoms with Crippen LogP contribution in [-0.4, -0.2) is 19.6 Å². The zero-order valence-corrected chi connectivity index (χ0v) is 12.8. The largest absolute Gasteiger partial charge is 0.356 e. The smallest absolute Gasteiger partial charge is 0.191 e. The van der Waals surface area contributed by atoms with Crippen LogP contribution in [0.1, 0.15) is 16.0 Å². The van der Waals surface area contributed by atoms with Gasteiger partial charge in [0.05, 0.1) is 6.54 Å². The number of aryl methyl sites for hydroxylation is 1. The van der Waals surface area contributed by atoms with E-state index in [9.17, 15) is 0 Å². The molecule has 2 rings (SSSR count). The first-order valence-electron chi connectivity index (χ1n) is 6.81. The topological polar surface area (TPSA) is 36.4 Å². The van der Waals surface area contributed by atoms with Gasteiger partial charge in [-0.1, -0.05) is 30.3 Å². The van der Waals surface area contributed by atoms with Crippen molar-refractivity contribution in [3.8, 4) is 0 Å². The van der Waals surface area contributed by atoms with Gasteiger partial charge in [-0.05, 0) is 35.9 Å². The summed E-state index contributed by atoms with van der Waals surface area (Å²) in [7, 11) is 1.80. The lowest BCUT2D eigenvalue weighted by Crippen LogP contribution is -2.37. The van der Waals surface area contributed by atoms with Gasteiger partial charge < -0.3 is 10.6 Å². The highest BCUT2D eigenvalue weighted by Crippen LogP contribution is 2.14. The van der Waals surface area contributed by atoms with E-state index in [1.165, 1.54) is 16.0 Å². The molecule has 0 saturated heterocycles. The van der Waals surface area contributed by atoms with E-state index in [0.29, 0.717) is 0 Å². The van der Waals surface area contributed by atoms with Crippen molar-refractivity contribution in [2.45, 2.75) is 19.9 Å². The number of hydrogen-bond acceptors (Lipinski definition) is 2. The van der Waals surface area contributed by atoms with Crippen molar-refractivity contribution in [2.75, 3.05) is 13.6 Å². The number of aliphatic imine (C=N–C) groups is 1. The van der Waals surface area contributed by atoms with E-state index in [0.717, 1.165) is 25.5 Å². The Kier molecular flexibility index (Phi) is 5.62. The van der Waals surface area contributed by atoms with Crippen LogP contribution in [0.5, 0.6) is 0 Å². The molecule has 0 aliphatic heterocycles. The normalized spacial score (nSPS) is 11.4. The molecule has 0 aliphatic rings. The lowest BCUT2D eigenvalue weighted by molar-refractivity contribution is 0.798. The van der Waals surface area contributed by atoms with Crippen LogP contribution in [-0.2, 0) is 13.0 Å². The van der Waals surface area contributed by atoms with Gasteiger partial charge in [-0.2, -0.15) is 0 Å². The van der Waals surface area contributed by atoms with Crippen molar-refractivity contribution >= 4 is 17.3 Å². The molecule has 0 unspecified atom stereocenters. The Labute approximate surface area is 124 Å². The average Bonchev–Trinajstić information content (AvgIpc) is 2.89. The molecule has 106 valence electrons. The van der Waals surface area contributed by atoms with E-state index >= 15 is 0 Å². The maximum absolute atomic E-state index is 4.25. The van der Waals surface area contributed by atoms with Crippen LogP contribution in [0.15, 0.2) is 46.8 Å². The van der Waals surface area contributed by atoms with Crippen LogP contribution < -0.4 is 10.6 Å². The minimum absolute atomic E-state index is 0.828. The summed E-state index contributed by atoms with van der Waals surface area (Å²) in [6.07, 6.45) is 1.000. The van der Waals surface area contributed by atoms with Gasteiger partial charge in [-0.15, -0.1) is 11.3 Å². The van der Waals surface area contributed by atoms with Gasteiger partial charge in [0.15, 0.2) is 5.96 Å². The summed E-state index contributed by atoms with van der Waals surface area (Å²) in [6, 6.07) is 12.6. The number of guanidine groups is 1. The quantitative estimate of drug-likeness (QED) is 0.655. The molecule has 1 heterocycles. The fourth-order valence-electron chi connectivity index (χ4n) is 1.94. The lowest BCUT2D eigenvalue weighted by atomic mass is 10.1. The molecule has 0 bridgehead atoms. The minimum atomic E-state index is 0.828. The number of nitrogens with one attached hydrogen (secondary N) is 2. The van der Waals surface area contributed by atoms with Crippen LogP contribution >= 0.6 is 11.3 Å². The predicted octanol–water partition coefficient (Wildman–Crippen LogP) is 2.96. The standard InChI is InChI=1S/C16H21N3S/c1-13-9-11-20-15(13)12-19-16(17-2)18-10-8-14-6-4-3-5-7-14/h3-7,9,11H,8,10,12H2,1-2H3,(H2,17,18,19). The molecule has 2 N–H and O–H groups in total. The first kappa shape index (κ1) is 14.6. The van der Waals surface area contributed by atoms with Crippen molar-refractivity contribution in [1.29, 1.82) is 0 Å². The second-order valence-electron chi connectivity index (χ2n) is 4.61. The Bertz CT molecular complexity index is 546. The number of nitrogens with zero attached hydrogens (tertiary/aromatic N) is 1. The van der Waals surface area contributed by atoms with Gasteiger partial charge in [0.1, 0.15) is 0 Å². The summed E-state index contributed by atoms with van der Waals surface area (Å²) in [6.45, 7) is 3.85. The number of rotatable bonds is 5. The molecule has 0 aliphatic carbocycles. The molecule has 1 aromatic carbocycles. The summed E-state index contributed by atoms with van der Waals surface area (Å²) < 4.78 is 0. The minimum Gasteiger partial charge on any atom is -0.356 e. The predicted molar refractivity (Wildman–Crippen MR) is 87.4 cm³/mol. The molecule has 4 heteroatoms. The van der Waals surface area contributed by atoms with Gasteiger partial charge in [-0.3, -0.25) is 4.99 Å². The molecule has 1 aromatic heterocycles.